The van der Waals surface area contributed by atoms with Gasteiger partial charge < -0.3 is 10.6 Å². The van der Waals surface area contributed by atoms with Gasteiger partial charge in [0.15, 0.2) is 0 Å². The molecule has 0 radical (unpaired) electrons. The standard InChI is InChI=1S/C15H23ClN2/c16-14-7-6-13(8-9-17)15(12-14)18-10-4-2-1-3-5-11-18/h6-7,12H,1-5,8-11,17H2. The number of hydrogen-bond acceptors (Lipinski definition) is 2. The Kier molecular flexibility index (Phi) is 5.33. The van der Waals surface area contributed by atoms with Crippen molar-refractivity contribution in [2.24, 2.45) is 5.73 Å². The van der Waals surface area contributed by atoms with E-state index in [1.165, 1.54) is 43.4 Å². The molecule has 3 heteroatoms. The molecule has 0 aromatic heterocycles. The van der Waals surface area contributed by atoms with Crippen LogP contribution in [0.1, 0.15) is 37.7 Å². The summed E-state index contributed by atoms with van der Waals surface area (Å²) in [6.45, 7) is 3.00. The molecule has 0 saturated carbocycles. The van der Waals surface area contributed by atoms with Crippen molar-refractivity contribution in [3.05, 3.63) is 28.8 Å². The number of halogens is 1. The highest BCUT2D eigenvalue weighted by molar-refractivity contribution is 6.30. The summed E-state index contributed by atoms with van der Waals surface area (Å²) in [6, 6.07) is 6.21. The van der Waals surface area contributed by atoms with E-state index in [9.17, 15) is 0 Å². The molecular formula is C15H23ClN2. The third-order valence-corrected chi connectivity index (χ3v) is 3.89. The van der Waals surface area contributed by atoms with Crippen molar-refractivity contribution < 1.29 is 0 Å². The Bertz CT molecular complexity index is 371. The lowest BCUT2D eigenvalue weighted by atomic mass is 10.0. The molecule has 1 saturated heterocycles. The minimum atomic E-state index is 0.697. The molecule has 2 N–H and O–H groups in total. The fourth-order valence-electron chi connectivity index (χ4n) is 2.69. The van der Waals surface area contributed by atoms with Crippen LogP contribution in [0, 0.1) is 0 Å². The molecule has 1 aliphatic heterocycles. The molecule has 1 heterocycles. The van der Waals surface area contributed by atoms with E-state index in [4.69, 9.17) is 17.3 Å². The third kappa shape index (κ3) is 3.63. The van der Waals surface area contributed by atoms with Gasteiger partial charge in [0.2, 0.25) is 0 Å². The summed E-state index contributed by atoms with van der Waals surface area (Å²) in [5.41, 5.74) is 8.34. The van der Waals surface area contributed by atoms with Gasteiger partial charge in [0.25, 0.3) is 0 Å². The number of nitrogens with zero attached hydrogens (tertiary/aromatic N) is 1. The van der Waals surface area contributed by atoms with Gasteiger partial charge in [-0.25, -0.2) is 0 Å². The summed E-state index contributed by atoms with van der Waals surface area (Å²) >= 11 is 6.15. The van der Waals surface area contributed by atoms with Crippen LogP contribution >= 0.6 is 11.6 Å². The highest BCUT2D eigenvalue weighted by atomic mass is 35.5. The Hall–Kier alpha value is -0.730. The van der Waals surface area contributed by atoms with Crippen molar-refractivity contribution in [3.63, 3.8) is 0 Å². The fraction of sp³-hybridized carbons (Fsp3) is 0.600. The molecule has 1 aromatic rings. The lowest BCUT2D eigenvalue weighted by Crippen LogP contribution is -2.28. The summed E-state index contributed by atoms with van der Waals surface area (Å²) in [7, 11) is 0. The van der Waals surface area contributed by atoms with Gasteiger partial charge in [-0.15, -0.1) is 0 Å². The zero-order chi connectivity index (χ0) is 12.8. The number of anilines is 1. The van der Waals surface area contributed by atoms with Gasteiger partial charge in [-0.2, -0.15) is 0 Å². The molecule has 100 valence electrons. The Morgan fingerprint density at radius 1 is 1.06 bits per heavy atom. The number of rotatable bonds is 3. The van der Waals surface area contributed by atoms with Crippen LogP contribution in [0.15, 0.2) is 18.2 Å². The average molecular weight is 267 g/mol. The first kappa shape index (κ1) is 13.7. The zero-order valence-electron chi connectivity index (χ0n) is 11.0. The van der Waals surface area contributed by atoms with Crippen LogP contribution < -0.4 is 10.6 Å². The fourth-order valence-corrected chi connectivity index (χ4v) is 2.85. The SMILES string of the molecule is NCCc1ccc(Cl)cc1N1CCCCCCC1. The maximum absolute atomic E-state index is 6.15. The lowest BCUT2D eigenvalue weighted by molar-refractivity contribution is 0.555. The van der Waals surface area contributed by atoms with E-state index in [2.05, 4.69) is 17.0 Å². The smallest absolute Gasteiger partial charge is 0.0426 e. The number of benzene rings is 1. The average Bonchev–Trinajstić information content (AvgIpc) is 2.32. The van der Waals surface area contributed by atoms with Gasteiger partial charge in [-0.3, -0.25) is 0 Å². The molecule has 0 aliphatic carbocycles. The largest absolute Gasteiger partial charge is 0.371 e. The maximum atomic E-state index is 6.15. The topological polar surface area (TPSA) is 29.3 Å². The third-order valence-electron chi connectivity index (χ3n) is 3.66. The van der Waals surface area contributed by atoms with Crippen molar-refractivity contribution >= 4 is 17.3 Å². The first-order valence-corrected chi connectivity index (χ1v) is 7.42. The van der Waals surface area contributed by atoms with Crippen LogP contribution in [0.25, 0.3) is 0 Å². The normalized spacial score (nSPS) is 17.3. The van der Waals surface area contributed by atoms with Gasteiger partial charge in [0, 0.05) is 23.8 Å². The van der Waals surface area contributed by atoms with Crippen molar-refractivity contribution in [2.75, 3.05) is 24.5 Å². The summed E-state index contributed by atoms with van der Waals surface area (Å²) in [6.07, 6.45) is 7.60. The van der Waals surface area contributed by atoms with Gasteiger partial charge in [-0.05, 0) is 43.5 Å². The molecule has 1 fully saturated rings. The van der Waals surface area contributed by atoms with Crippen LogP contribution in [-0.4, -0.2) is 19.6 Å². The molecule has 1 aliphatic rings. The molecule has 0 amide bonds. The predicted octanol–water partition coefficient (Wildman–Crippen LogP) is 3.61. The molecule has 2 nitrogen and oxygen atoms in total. The predicted molar refractivity (Wildman–Crippen MR) is 79.5 cm³/mol. The Balaban J connectivity index is 2.19. The molecular weight excluding hydrogens is 244 g/mol. The molecule has 0 bridgehead atoms. The summed E-state index contributed by atoms with van der Waals surface area (Å²) in [5, 5.41) is 0.827. The van der Waals surface area contributed by atoms with Crippen LogP contribution in [-0.2, 0) is 6.42 Å². The second-order valence-electron chi connectivity index (χ2n) is 5.07. The highest BCUT2D eigenvalue weighted by Crippen LogP contribution is 2.27. The zero-order valence-corrected chi connectivity index (χ0v) is 11.8. The van der Waals surface area contributed by atoms with E-state index in [1.807, 2.05) is 6.07 Å². The van der Waals surface area contributed by atoms with Crippen LogP contribution in [0.5, 0.6) is 0 Å². The summed E-state index contributed by atoms with van der Waals surface area (Å²) in [5.74, 6) is 0. The van der Waals surface area contributed by atoms with E-state index < -0.39 is 0 Å². The van der Waals surface area contributed by atoms with E-state index in [0.29, 0.717) is 6.54 Å². The second-order valence-corrected chi connectivity index (χ2v) is 5.50. The minimum absolute atomic E-state index is 0.697. The lowest BCUT2D eigenvalue weighted by Gasteiger charge is -2.29. The molecule has 0 spiro atoms. The number of nitrogens with two attached hydrogens (primary N) is 1. The van der Waals surface area contributed by atoms with E-state index >= 15 is 0 Å². The highest BCUT2D eigenvalue weighted by Gasteiger charge is 2.13. The van der Waals surface area contributed by atoms with Gasteiger partial charge >= 0.3 is 0 Å². The van der Waals surface area contributed by atoms with E-state index in [1.54, 1.807) is 0 Å². The van der Waals surface area contributed by atoms with E-state index in [-0.39, 0.29) is 0 Å². The maximum Gasteiger partial charge on any atom is 0.0426 e. The van der Waals surface area contributed by atoms with E-state index in [0.717, 1.165) is 24.5 Å². The number of hydrogen-bond donors (Lipinski definition) is 1. The summed E-state index contributed by atoms with van der Waals surface area (Å²) in [4.78, 5) is 2.50. The first-order valence-electron chi connectivity index (χ1n) is 7.04. The van der Waals surface area contributed by atoms with Gasteiger partial charge in [0.05, 0.1) is 0 Å². The minimum Gasteiger partial charge on any atom is -0.371 e. The summed E-state index contributed by atoms with van der Waals surface area (Å²) < 4.78 is 0. The van der Waals surface area contributed by atoms with Crippen LogP contribution in [0.2, 0.25) is 5.02 Å². The van der Waals surface area contributed by atoms with Gasteiger partial charge in [-0.1, -0.05) is 36.9 Å². The van der Waals surface area contributed by atoms with Crippen LogP contribution in [0.4, 0.5) is 5.69 Å². The van der Waals surface area contributed by atoms with Crippen molar-refractivity contribution in [2.45, 2.75) is 38.5 Å². The quantitative estimate of drug-likeness (QED) is 0.906. The molecule has 0 atom stereocenters. The van der Waals surface area contributed by atoms with Gasteiger partial charge in [0.1, 0.15) is 0 Å². The Morgan fingerprint density at radius 2 is 1.72 bits per heavy atom. The van der Waals surface area contributed by atoms with Crippen molar-refractivity contribution in [1.82, 2.24) is 0 Å². The molecule has 1 aromatic carbocycles. The Labute approximate surface area is 115 Å². The first-order chi connectivity index (χ1) is 8.81. The monoisotopic (exact) mass is 266 g/mol. The van der Waals surface area contributed by atoms with Crippen molar-refractivity contribution in [3.8, 4) is 0 Å². The molecule has 18 heavy (non-hydrogen) atoms. The second kappa shape index (κ2) is 7.01. The Morgan fingerprint density at radius 3 is 2.39 bits per heavy atom. The molecule has 0 unspecified atom stereocenters. The van der Waals surface area contributed by atoms with Crippen LogP contribution in [0.3, 0.4) is 0 Å². The molecule has 2 rings (SSSR count). The van der Waals surface area contributed by atoms with Crippen molar-refractivity contribution in [1.29, 1.82) is 0 Å².